The summed E-state index contributed by atoms with van der Waals surface area (Å²) in [6.07, 6.45) is -2.72. The lowest BCUT2D eigenvalue weighted by molar-refractivity contribution is 0.909. The molecule has 0 atom stereocenters. The van der Waals surface area contributed by atoms with Crippen LogP contribution in [0.5, 0.6) is 0 Å². The molecule has 0 N–H and O–H groups in total. The van der Waals surface area contributed by atoms with Crippen LogP contribution in [-0.4, -0.2) is 9.55 Å². The number of aryl methyl sites for hydroxylation is 1. The zero-order chi connectivity index (χ0) is 40.0. The summed E-state index contributed by atoms with van der Waals surface area (Å²) in [6.45, 7) is -2.95. The van der Waals surface area contributed by atoms with Gasteiger partial charge in [-0.25, -0.2) is 4.98 Å². The van der Waals surface area contributed by atoms with Crippen LogP contribution >= 0.6 is 0 Å². The van der Waals surface area contributed by atoms with Crippen LogP contribution in [0, 0.1) is 0 Å². The molecule has 2 heteroatoms. The molecule has 0 spiro atoms. The van der Waals surface area contributed by atoms with Crippen molar-refractivity contribution in [1.82, 2.24) is 9.55 Å². The quantitative estimate of drug-likeness (QED) is 0.177. The van der Waals surface area contributed by atoms with Crippen LogP contribution < -0.4 is 0 Å². The van der Waals surface area contributed by atoms with Crippen LogP contribution in [0.4, 0.5) is 0 Å². The average Bonchev–Trinajstić information content (AvgIpc) is 3.61. The molecule has 0 saturated heterocycles. The van der Waals surface area contributed by atoms with Crippen molar-refractivity contribution < 1.29 is 13.7 Å². The van der Waals surface area contributed by atoms with Crippen LogP contribution in [0.25, 0.3) is 82.4 Å². The Morgan fingerprint density at radius 1 is 0.574 bits per heavy atom. The molecule has 0 unspecified atom stereocenters. The summed E-state index contributed by atoms with van der Waals surface area (Å²) in [7, 11) is 0. The first-order valence-corrected chi connectivity index (χ1v) is 15.4. The molecule has 0 aliphatic carbocycles. The molecule has 0 aliphatic rings. The molecular weight excluding hydrogens is 569 g/mol. The lowest BCUT2D eigenvalue weighted by atomic mass is 9.84. The number of nitrogens with zero attached hydrogens (tertiary/aromatic N) is 2. The zero-order valence-corrected chi connectivity index (χ0v) is 25.1. The van der Waals surface area contributed by atoms with Gasteiger partial charge in [-0.3, -0.25) is 4.57 Å². The van der Waals surface area contributed by atoms with Crippen molar-refractivity contribution in [3.05, 3.63) is 169 Å². The third-order valence-electron chi connectivity index (χ3n) is 8.92. The molecule has 8 aromatic carbocycles. The Bertz CT molecular complexity index is 3070. The second kappa shape index (κ2) is 11.1. The number of para-hydroxylation sites is 2. The number of hydrogen-bond acceptors (Lipinski definition) is 1. The topological polar surface area (TPSA) is 17.8 Å². The molecule has 1 heterocycles. The van der Waals surface area contributed by atoms with Gasteiger partial charge in [0.25, 0.3) is 0 Å². The zero-order valence-electron chi connectivity index (χ0n) is 35.1. The van der Waals surface area contributed by atoms with Crippen molar-refractivity contribution in [2.24, 2.45) is 0 Å². The third kappa shape index (κ3) is 4.53. The van der Waals surface area contributed by atoms with Gasteiger partial charge in [-0.1, -0.05) is 134 Å². The molecule has 9 rings (SSSR count). The molecule has 2 nitrogen and oxygen atoms in total. The highest BCUT2D eigenvalue weighted by molar-refractivity contribution is 6.22. The first-order chi connectivity index (χ1) is 27.3. The number of fused-ring (bicyclic) bond motifs is 4. The summed E-state index contributed by atoms with van der Waals surface area (Å²) in [6, 6.07) is 41.1. The lowest BCUT2D eigenvalue weighted by Gasteiger charge is -2.19. The molecule has 0 saturated carbocycles. The fourth-order valence-electron chi connectivity index (χ4n) is 6.85. The van der Waals surface area contributed by atoms with Gasteiger partial charge in [-0.15, -0.1) is 0 Å². The van der Waals surface area contributed by atoms with E-state index in [4.69, 9.17) is 13.7 Å². The van der Waals surface area contributed by atoms with Crippen LogP contribution in [0.2, 0.25) is 0 Å². The molecule has 0 bridgehead atoms. The van der Waals surface area contributed by atoms with Crippen LogP contribution in [-0.2, 0) is 6.37 Å². The van der Waals surface area contributed by atoms with E-state index in [1.165, 1.54) is 0 Å². The minimum atomic E-state index is -2.95. The summed E-state index contributed by atoms with van der Waals surface area (Å²) in [5.41, 5.74) is 6.15. The van der Waals surface area contributed by atoms with E-state index >= 15 is 0 Å². The van der Waals surface area contributed by atoms with E-state index < -0.39 is 19.3 Å². The smallest absolute Gasteiger partial charge is 0.114 e. The van der Waals surface area contributed by atoms with Gasteiger partial charge in [-0.2, -0.15) is 0 Å². The van der Waals surface area contributed by atoms with Gasteiger partial charge in [0.15, 0.2) is 0 Å². The van der Waals surface area contributed by atoms with Crippen molar-refractivity contribution in [3.63, 3.8) is 0 Å². The summed E-state index contributed by atoms with van der Waals surface area (Å²) >= 11 is 0. The van der Waals surface area contributed by atoms with Crippen molar-refractivity contribution in [3.8, 4) is 39.1 Å². The highest BCUT2D eigenvalue weighted by Crippen LogP contribution is 2.45. The number of aromatic nitrogens is 2. The normalized spacial score (nSPS) is 15.2. The predicted molar refractivity (Wildman–Crippen MR) is 199 cm³/mol. The van der Waals surface area contributed by atoms with Crippen molar-refractivity contribution in [2.75, 3.05) is 0 Å². The Labute approximate surface area is 288 Å². The second-order valence-electron chi connectivity index (χ2n) is 11.6. The molecule has 0 aliphatic heterocycles. The fraction of sp³-hybridized carbons (Fsp3) is 0.0444. The number of hydrogen-bond donors (Lipinski definition) is 0. The maximum Gasteiger partial charge on any atom is 0.114 e. The minimum absolute atomic E-state index is 0.138. The van der Waals surface area contributed by atoms with E-state index in [9.17, 15) is 0 Å². The Morgan fingerprint density at radius 2 is 1.26 bits per heavy atom. The van der Waals surface area contributed by atoms with Crippen molar-refractivity contribution in [1.29, 1.82) is 0 Å². The highest BCUT2D eigenvalue weighted by atomic mass is 15.1. The van der Waals surface area contributed by atoms with Gasteiger partial charge >= 0.3 is 0 Å². The average molecular weight is 611 g/mol. The van der Waals surface area contributed by atoms with Gasteiger partial charge < -0.3 is 0 Å². The van der Waals surface area contributed by atoms with Crippen molar-refractivity contribution >= 4 is 43.4 Å². The first-order valence-electron chi connectivity index (χ1n) is 20.4. The number of benzene rings is 8. The monoisotopic (exact) mass is 610 g/mol. The summed E-state index contributed by atoms with van der Waals surface area (Å²) in [5, 5.41) is 5.53. The summed E-state index contributed by atoms with van der Waals surface area (Å²) in [5.74, 6) is -0.195. The van der Waals surface area contributed by atoms with E-state index in [-0.39, 0.29) is 35.6 Å². The number of rotatable bonds is 5. The first kappa shape index (κ1) is 18.9. The third-order valence-corrected chi connectivity index (χ3v) is 8.92. The van der Waals surface area contributed by atoms with E-state index in [2.05, 4.69) is 23.2 Å². The predicted octanol–water partition coefficient (Wildman–Crippen LogP) is 12.0. The Balaban J connectivity index is 1.28. The maximum atomic E-state index is 8.73. The van der Waals surface area contributed by atoms with Crippen molar-refractivity contribution in [2.45, 2.75) is 13.2 Å². The number of imidazole rings is 1. The van der Waals surface area contributed by atoms with E-state index in [0.717, 1.165) is 54.6 Å². The largest absolute Gasteiger partial charge is 0.296 e. The Morgan fingerprint density at radius 3 is 2.09 bits per heavy atom. The molecule has 0 amide bonds. The van der Waals surface area contributed by atoms with Gasteiger partial charge in [0.2, 0.25) is 0 Å². The molecule has 1 aromatic heterocycles. The Kier molecular flexibility index (Phi) is 4.46. The molecule has 0 radical (unpaired) electrons. The fourth-order valence-corrected chi connectivity index (χ4v) is 6.85. The van der Waals surface area contributed by atoms with E-state index in [1.54, 1.807) is 22.8 Å². The molecule has 47 heavy (non-hydrogen) atoms. The van der Waals surface area contributed by atoms with Crippen LogP contribution in [0.3, 0.4) is 0 Å². The van der Waals surface area contributed by atoms with Crippen LogP contribution in [0.1, 0.15) is 26.4 Å². The van der Waals surface area contributed by atoms with Gasteiger partial charge in [-0.05, 0) is 102 Å². The van der Waals surface area contributed by atoms with Crippen LogP contribution in [0.15, 0.2) is 164 Å². The standard InChI is InChI=1S/C45H32N2/c1-2-43-46-41-19-11-12-20-42(41)47(43)36-25-23-32-27-35(22-21-33(32)28-36)45-38-18-10-9-17-37(38)44(31-15-7-4-8-16-31)40-29-34(24-26-39(40)45)30-13-5-3-6-14-30/h3-29H,2H2,1H3/i1D3,2D2,3D,5D,6D,13D,14D. The molecule has 0 fully saturated rings. The van der Waals surface area contributed by atoms with Gasteiger partial charge in [0.1, 0.15) is 5.82 Å². The molecule has 9 aromatic rings. The summed E-state index contributed by atoms with van der Waals surface area (Å²) in [4.78, 5) is 4.48. The molecular formula is C45H32N2. The van der Waals surface area contributed by atoms with E-state index in [0.29, 0.717) is 22.3 Å². The lowest BCUT2D eigenvalue weighted by Crippen LogP contribution is -2.00. The SMILES string of the molecule is [2H]c1c([2H])c([2H])c(-c2ccc3c(-c4ccc5cc(-n6c(C([2H])([2H])C([2H])([2H])[2H])nc7ccccc76)ccc5c4)c4ccccc4c(-c4ccccc4)c3c2)c([2H])c1[2H]. The maximum absolute atomic E-state index is 8.73. The second-order valence-corrected chi connectivity index (χ2v) is 11.6. The highest BCUT2D eigenvalue weighted by Gasteiger charge is 2.18. The van der Waals surface area contributed by atoms with E-state index in [1.807, 2.05) is 97.1 Å². The Hall–Kier alpha value is -5.99. The van der Waals surface area contributed by atoms with Gasteiger partial charge in [0, 0.05) is 18.9 Å². The molecule has 222 valence electrons. The van der Waals surface area contributed by atoms with Gasteiger partial charge in [0.05, 0.1) is 17.9 Å². The minimum Gasteiger partial charge on any atom is -0.296 e. The summed E-state index contributed by atoms with van der Waals surface area (Å²) < 4.78 is 85.1.